The maximum absolute atomic E-state index is 12.9. The molecule has 4 aromatic rings. The lowest BCUT2D eigenvalue weighted by atomic mass is 9.87. The highest BCUT2D eigenvalue weighted by Crippen LogP contribution is 2.32. The van der Waals surface area contributed by atoms with Gasteiger partial charge in [-0.05, 0) is 35.2 Å². The van der Waals surface area contributed by atoms with Crippen LogP contribution in [0.2, 0.25) is 5.02 Å². The SMILES string of the molecule is CC(C)(C)c1ccc(-n2c(-c3ccccc3Cl)nc3c(=O)n(CC(F)(F)F)cnc32)cc1. The molecule has 0 saturated carbocycles. The van der Waals surface area contributed by atoms with Crippen molar-refractivity contribution >= 4 is 22.8 Å². The first-order valence-corrected chi connectivity index (χ1v) is 10.2. The smallest absolute Gasteiger partial charge is 0.288 e. The van der Waals surface area contributed by atoms with Crippen LogP contribution in [0.15, 0.2) is 59.7 Å². The highest BCUT2D eigenvalue weighted by atomic mass is 35.5. The number of halogens is 4. The summed E-state index contributed by atoms with van der Waals surface area (Å²) < 4.78 is 40.8. The van der Waals surface area contributed by atoms with Crippen molar-refractivity contribution in [1.82, 2.24) is 19.1 Å². The van der Waals surface area contributed by atoms with Crippen molar-refractivity contribution in [1.29, 1.82) is 0 Å². The van der Waals surface area contributed by atoms with E-state index in [9.17, 15) is 18.0 Å². The molecule has 2 aromatic carbocycles. The van der Waals surface area contributed by atoms with Crippen LogP contribution in [-0.4, -0.2) is 25.3 Å². The molecule has 2 aromatic heterocycles. The topological polar surface area (TPSA) is 52.7 Å². The highest BCUT2D eigenvalue weighted by molar-refractivity contribution is 6.33. The number of imidazole rings is 1. The Morgan fingerprint density at radius 1 is 1.00 bits per heavy atom. The van der Waals surface area contributed by atoms with Gasteiger partial charge in [0.25, 0.3) is 5.56 Å². The van der Waals surface area contributed by atoms with Gasteiger partial charge < -0.3 is 0 Å². The van der Waals surface area contributed by atoms with E-state index in [1.165, 1.54) is 0 Å². The maximum Gasteiger partial charge on any atom is 0.406 e. The number of hydrogen-bond acceptors (Lipinski definition) is 3. The average Bonchev–Trinajstić information content (AvgIpc) is 3.09. The lowest BCUT2D eigenvalue weighted by Crippen LogP contribution is -2.28. The minimum Gasteiger partial charge on any atom is -0.288 e. The molecule has 0 aliphatic rings. The third kappa shape index (κ3) is 4.14. The van der Waals surface area contributed by atoms with E-state index in [4.69, 9.17) is 11.6 Å². The van der Waals surface area contributed by atoms with Crippen LogP contribution >= 0.6 is 11.6 Å². The molecule has 0 amide bonds. The first-order valence-electron chi connectivity index (χ1n) is 9.86. The van der Waals surface area contributed by atoms with E-state index in [0.717, 1.165) is 11.9 Å². The molecule has 0 N–H and O–H groups in total. The van der Waals surface area contributed by atoms with Crippen molar-refractivity contribution in [3.63, 3.8) is 0 Å². The molecular formula is C23H20ClF3N4O. The number of rotatable bonds is 3. The second kappa shape index (κ2) is 7.78. The molecular weight excluding hydrogens is 441 g/mol. The molecule has 9 heteroatoms. The maximum atomic E-state index is 12.9. The lowest BCUT2D eigenvalue weighted by molar-refractivity contribution is -0.141. The summed E-state index contributed by atoms with van der Waals surface area (Å²) in [6.07, 6.45) is -3.66. The molecule has 0 bridgehead atoms. The molecule has 4 rings (SSSR count). The van der Waals surface area contributed by atoms with Gasteiger partial charge in [-0.25, -0.2) is 9.97 Å². The Labute approximate surface area is 187 Å². The molecule has 0 radical (unpaired) electrons. The molecule has 32 heavy (non-hydrogen) atoms. The van der Waals surface area contributed by atoms with Gasteiger partial charge in [0, 0.05) is 11.3 Å². The van der Waals surface area contributed by atoms with Crippen molar-refractivity contribution in [2.45, 2.75) is 38.9 Å². The standard InChI is InChI=1S/C23H20ClF3N4O/c1-22(2,3)14-8-10-15(11-9-14)31-19(16-6-4-5-7-17(16)24)29-18-20(31)28-13-30(21(18)32)12-23(25,26)27/h4-11,13H,12H2,1-3H3. The Bertz CT molecular complexity index is 1350. The summed E-state index contributed by atoms with van der Waals surface area (Å²) in [6, 6.07) is 14.6. The number of hydrogen-bond donors (Lipinski definition) is 0. The summed E-state index contributed by atoms with van der Waals surface area (Å²) in [5, 5.41) is 0.394. The van der Waals surface area contributed by atoms with Crippen molar-refractivity contribution in [3.05, 3.63) is 75.8 Å². The Balaban J connectivity index is 1.99. The Hall–Kier alpha value is -3.13. The van der Waals surface area contributed by atoms with E-state index in [2.05, 4.69) is 30.7 Å². The number of alkyl halides is 3. The van der Waals surface area contributed by atoms with Crippen LogP contribution < -0.4 is 5.56 Å². The van der Waals surface area contributed by atoms with E-state index >= 15 is 0 Å². The van der Waals surface area contributed by atoms with Gasteiger partial charge in [0.1, 0.15) is 18.7 Å². The molecule has 0 aliphatic carbocycles. The molecule has 5 nitrogen and oxygen atoms in total. The van der Waals surface area contributed by atoms with E-state index in [1.54, 1.807) is 28.8 Å². The van der Waals surface area contributed by atoms with Gasteiger partial charge in [0.15, 0.2) is 11.2 Å². The normalized spacial score (nSPS) is 12.5. The number of fused-ring (bicyclic) bond motifs is 1. The predicted octanol–water partition coefficient (Wildman–Crippen LogP) is 5.76. The van der Waals surface area contributed by atoms with Crippen LogP contribution in [0.3, 0.4) is 0 Å². The quantitative estimate of drug-likeness (QED) is 0.390. The van der Waals surface area contributed by atoms with Gasteiger partial charge in [0.05, 0.1) is 5.02 Å². The summed E-state index contributed by atoms with van der Waals surface area (Å²) >= 11 is 6.38. The largest absolute Gasteiger partial charge is 0.406 e. The number of benzene rings is 2. The lowest BCUT2D eigenvalue weighted by Gasteiger charge is -2.19. The van der Waals surface area contributed by atoms with Crippen molar-refractivity contribution in [2.75, 3.05) is 0 Å². The number of nitrogens with zero attached hydrogens (tertiary/aromatic N) is 4. The van der Waals surface area contributed by atoms with Crippen LogP contribution in [0.5, 0.6) is 0 Å². The minimum atomic E-state index is -4.56. The van der Waals surface area contributed by atoms with Crippen LogP contribution in [0.4, 0.5) is 13.2 Å². The molecule has 0 saturated heterocycles. The minimum absolute atomic E-state index is 0.0648. The zero-order valence-corrected chi connectivity index (χ0v) is 18.4. The van der Waals surface area contributed by atoms with Gasteiger partial charge in [-0.15, -0.1) is 0 Å². The Kier molecular flexibility index (Phi) is 5.36. The number of aromatic nitrogens is 4. The Morgan fingerprint density at radius 3 is 2.25 bits per heavy atom. The average molecular weight is 461 g/mol. The third-order valence-corrected chi connectivity index (χ3v) is 5.42. The predicted molar refractivity (Wildman–Crippen MR) is 118 cm³/mol. The first kappa shape index (κ1) is 22.1. The molecule has 0 aliphatic heterocycles. The Morgan fingerprint density at radius 2 is 1.66 bits per heavy atom. The van der Waals surface area contributed by atoms with E-state index in [-0.39, 0.29) is 16.6 Å². The fourth-order valence-electron chi connectivity index (χ4n) is 3.47. The van der Waals surface area contributed by atoms with Crippen molar-refractivity contribution in [3.8, 4) is 17.1 Å². The van der Waals surface area contributed by atoms with Gasteiger partial charge >= 0.3 is 6.18 Å². The zero-order valence-electron chi connectivity index (χ0n) is 17.6. The van der Waals surface area contributed by atoms with Crippen LogP contribution in [0.25, 0.3) is 28.2 Å². The van der Waals surface area contributed by atoms with E-state index in [0.29, 0.717) is 26.7 Å². The van der Waals surface area contributed by atoms with Gasteiger partial charge in [-0.3, -0.25) is 13.9 Å². The summed E-state index contributed by atoms with van der Waals surface area (Å²) in [6.45, 7) is 4.83. The summed E-state index contributed by atoms with van der Waals surface area (Å²) in [5.74, 6) is 0.323. The third-order valence-electron chi connectivity index (χ3n) is 5.09. The molecule has 0 unspecified atom stereocenters. The van der Waals surface area contributed by atoms with E-state index in [1.807, 2.05) is 24.3 Å². The monoisotopic (exact) mass is 460 g/mol. The van der Waals surface area contributed by atoms with Gasteiger partial charge in [-0.2, -0.15) is 13.2 Å². The molecule has 166 valence electrons. The first-order chi connectivity index (χ1) is 15.0. The highest BCUT2D eigenvalue weighted by Gasteiger charge is 2.30. The summed E-state index contributed by atoms with van der Waals surface area (Å²) in [7, 11) is 0. The van der Waals surface area contributed by atoms with Crippen LogP contribution in [0.1, 0.15) is 26.3 Å². The second-order valence-electron chi connectivity index (χ2n) is 8.51. The van der Waals surface area contributed by atoms with Gasteiger partial charge in [-0.1, -0.05) is 56.6 Å². The van der Waals surface area contributed by atoms with Crippen molar-refractivity contribution in [2.24, 2.45) is 0 Å². The van der Waals surface area contributed by atoms with Crippen LogP contribution in [0, 0.1) is 0 Å². The zero-order chi connectivity index (χ0) is 23.3. The molecule has 2 heterocycles. The van der Waals surface area contributed by atoms with Gasteiger partial charge in [0.2, 0.25) is 0 Å². The fourth-order valence-corrected chi connectivity index (χ4v) is 3.69. The second-order valence-corrected chi connectivity index (χ2v) is 8.92. The summed E-state index contributed by atoms with van der Waals surface area (Å²) in [5.41, 5.74) is 1.37. The molecule has 0 atom stereocenters. The van der Waals surface area contributed by atoms with E-state index < -0.39 is 18.3 Å². The van der Waals surface area contributed by atoms with Crippen LogP contribution in [-0.2, 0) is 12.0 Å². The molecule has 0 fully saturated rings. The fraction of sp³-hybridized carbons (Fsp3) is 0.261. The molecule has 0 spiro atoms. The van der Waals surface area contributed by atoms with Crippen molar-refractivity contribution < 1.29 is 13.2 Å². The summed E-state index contributed by atoms with van der Waals surface area (Å²) in [4.78, 5) is 21.4.